The van der Waals surface area contributed by atoms with Crippen LogP contribution in [0.2, 0.25) is 0 Å². The summed E-state index contributed by atoms with van der Waals surface area (Å²) >= 11 is 0. The van der Waals surface area contributed by atoms with Gasteiger partial charge in [-0.15, -0.1) is 0 Å². The van der Waals surface area contributed by atoms with Gasteiger partial charge in [0.15, 0.2) is 5.79 Å². The number of rotatable bonds is 0. The Kier molecular flexibility index (Phi) is 1.27. The minimum atomic E-state index is -0.421. The first-order chi connectivity index (χ1) is 4.67. The fourth-order valence-electron chi connectivity index (χ4n) is 1.35. The molecule has 0 aliphatic carbocycles. The largest absolute Gasteiger partial charge is 0.370 e. The molecule has 2 saturated heterocycles. The summed E-state index contributed by atoms with van der Waals surface area (Å²) in [6.07, 6.45) is 0.171. The Balaban J connectivity index is 2.07. The van der Waals surface area contributed by atoms with Crippen LogP contribution in [0.5, 0.6) is 0 Å². The average Bonchev–Trinajstić information content (AvgIpc) is 2.20. The van der Waals surface area contributed by atoms with Gasteiger partial charge in [-0.3, -0.25) is 0 Å². The van der Waals surface area contributed by atoms with Crippen LogP contribution in [-0.2, 0) is 14.2 Å². The molecule has 0 amide bonds. The molecule has 1 radical (unpaired) electrons. The standard InChI is InChI=1S/C7H11O3/c1-7(2)9-5-3-8-4-6(5)10-7/h3,5-6H,4H2,1-2H3/t5-,6-/m0/s1. The van der Waals surface area contributed by atoms with E-state index in [9.17, 15) is 0 Å². The maximum atomic E-state index is 5.49. The van der Waals surface area contributed by atoms with Gasteiger partial charge >= 0.3 is 0 Å². The van der Waals surface area contributed by atoms with Gasteiger partial charge in [0.2, 0.25) is 0 Å². The third-order valence-electron chi connectivity index (χ3n) is 1.71. The molecule has 0 bridgehead atoms. The van der Waals surface area contributed by atoms with E-state index in [1.807, 2.05) is 13.8 Å². The van der Waals surface area contributed by atoms with Crippen LogP contribution in [0.4, 0.5) is 0 Å². The molecule has 0 aromatic rings. The SMILES string of the molecule is CC1(C)O[C@H]2[CH]OC[C@@H]2O1. The van der Waals surface area contributed by atoms with E-state index in [-0.39, 0.29) is 12.2 Å². The summed E-state index contributed by atoms with van der Waals surface area (Å²) in [4.78, 5) is 0. The lowest BCUT2D eigenvalue weighted by molar-refractivity contribution is -0.158. The smallest absolute Gasteiger partial charge is 0.164 e. The summed E-state index contributed by atoms with van der Waals surface area (Å²) in [5.74, 6) is -0.421. The molecule has 3 nitrogen and oxygen atoms in total. The molecule has 2 heterocycles. The van der Waals surface area contributed by atoms with Crippen LogP contribution in [0.1, 0.15) is 13.8 Å². The van der Waals surface area contributed by atoms with Crippen LogP contribution in [0, 0.1) is 6.61 Å². The van der Waals surface area contributed by atoms with Gasteiger partial charge in [0, 0.05) is 0 Å². The quantitative estimate of drug-likeness (QED) is 0.499. The van der Waals surface area contributed by atoms with Crippen molar-refractivity contribution < 1.29 is 14.2 Å². The Bertz CT molecular complexity index is 130. The summed E-state index contributed by atoms with van der Waals surface area (Å²) in [5, 5.41) is 0. The first-order valence-electron chi connectivity index (χ1n) is 3.48. The molecule has 3 heteroatoms. The molecular formula is C7H11O3. The third kappa shape index (κ3) is 0.944. The van der Waals surface area contributed by atoms with Gasteiger partial charge in [0.05, 0.1) is 6.61 Å². The van der Waals surface area contributed by atoms with Gasteiger partial charge < -0.3 is 14.2 Å². The van der Waals surface area contributed by atoms with Gasteiger partial charge in [0.1, 0.15) is 18.8 Å². The average molecular weight is 143 g/mol. The lowest BCUT2D eigenvalue weighted by atomic mass is 10.3. The monoisotopic (exact) mass is 143 g/mol. The second-order valence-corrected chi connectivity index (χ2v) is 3.11. The van der Waals surface area contributed by atoms with Crippen LogP contribution >= 0.6 is 0 Å². The maximum absolute atomic E-state index is 5.49. The summed E-state index contributed by atoms with van der Waals surface area (Å²) in [5.41, 5.74) is 0. The van der Waals surface area contributed by atoms with Crippen molar-refractivity contribution in [2.75, 3.05) is 6.61 Å². The van der Waals surface area contributed by atoms with E-state index in [1.54, 1.807) is 6.61 Å². The summed E-state index contributed by atoms with van der Waals surface area (Å²) in [6, 6.07) is 0. The van der Waals surface area contributed by atoms with Crippen molar-refractivity contribution in [1.29, 1.82) is 0 Å². The van der Waals surface area contributed by atoms with Crippen molar-refractivity contribution in [2.45, 2.75) is 31.8 Å². The van der Waals surface area contributed by atoms with Gasteiger partial charge in [-0.1, -0.05) is 0 Å². The van der Waals surface area contributed by atoms with Gasteiger partial charge in [-0.2, -0.15) is 0 Å². The van der Waals surface area contributed by atoms with Crippen molar-refractivity contribution in [1.82, 2.24) is 0 Å². The maximum Gasteiger partial charge on any atom is 0.164 e. The summed E-state index contributed by atoms with van der Waals surface area (Å²) in [6.45, 7) is 6.17. The number of hydrogen-bond donors (Lipinski definition) is 0. The van der Waals surface area contributed by atoms with Crippen LogP contribution in [0.25, 0.3) is 0 Å². The van der Waals surface area contributed by atoms with E-state index < -0.39 is 5.79 Å². The highest BCUT2D eigenvalue weighted by molar-refractivity contribution is 4.91. The molecule has 0 unspecified atom stereocenters. The van der Waals surface area contributed by atoms with E-state index in [2.05, 4.69) is 0 Å². The van der Waals surface area contributed by atoms with Crippen LogP contribution in [0.15, 0.2) is 0 Å². The zero-order chi connectivity index (χ0) is 7.19. The van der Waals surface area contributed by atoms with Crippen molar-refractivity contribution in [2.24, 2.45) is 0 Å². The highest BCUT2D eigenvalue weighted by Crippen LogP contribution is 2.33. The van der Waals surface area contributed by atoms with Crippen molar-refractivity contribution in [3.8, 4) is 0 Å². The van der Waals surface area contributed by atoms with Crippen molar-refractivity contribution in [3.05, 3.63) is 6.61 Å². The predicted octanol–water partition coefficient (Wildman–Crippen LogP) is 0.698. The Morgan fingerprint density at radius 2 is 2.20 bits per heavy atom. The topological polar surface area (TPSA) is 27.7 Å². The minimum Gasteiger partial charge on any atom is -0.370 e. The van der Waals surface area contributed by atoms with Crippen molar-refractivity contribution in [3.63, 3.8) is 0 Å². The van der Waals surface area contributed by atoms with Gasteiger partial charge in [0.25, 0.3) is 0 Å². The minimum absolute atomic E-state index is 0.0509. The molecule has 0 N–H and O–H groups in total. The number of hydrogen-bond acceptors (Lipinski definition) is 3. The zero-order valence-corrected chi connectivity index (χ0v) is 6.16. The molecule has 10 heavy (non-hydrogen) atoms. The molecule has 2 rings (SSSR count). The van der Waals surface area contributed by atoms with Crippen LogP contribution in [0.3, 0.4) is 0 Å². The van der Waals surface area contributed by atoms with Gasteiger partial charge in [-0.25, -0.2) is 0 Å². The highest BCUT2D eigenvalue weighted by Gasteiger charge is 2.44. The number of ether oxygens (including phenoxy) is 3. The Morgan fingerprint density at radius 3 is 2.90 bits per heavy atom. The predicted molar refractivity (Wildman–Crippen MR) is 34.1 cm³/mol. The molecule has 2 aliphatic heterocycles. The highest BCUT2D eigenvalue weighted by atomic mass is 16.8. The van der Waals surface area contributed by atoms with Crippen LogP contribution < -0.4 is 0 Å². The third-order valence-corrected chi connectivity index (χ3v) is 1.71. The molecule has 57 valence electrons. The van der Waals surface area contributed by atoms with E-state index in [4.69, 9.17) is 14.2 Å². The fourth-order valence-corrected chi connectivity index (χ4v) is 1.35. The lowest BCUT2D eigenvalue weighted by Gasteiger charge is -2.17. The lowest BCUT2D eigenvalue weighted by Crippen LogP contribution is -2.22. The molecule has 2 fully saturated rings. The molecule has 0 saturated carbocycles. The van der Waals surface area contributed by atoms with E-state index >= 15 is 0 Å². The molecule has 0 aromatic heterocycles. The van der Waals surface area contributed by atoms with Crippen molar-refractivity contribution >= 4 is 0 Å². The second kappa shape index (κ2) is 1.94. The number of fused-ring (bicyclic) bond motifs is 1. The zero-order valence-electron chi connectivity index (χ0n) is 6.16. The van der Waals surface area contributed by atoms with Gasteiger partial charge in [-0.05, 0) is 13.8 Å². The molecule has 0 aromatic carbocycles. The first-order valence-corrected chi connectivity index (χ1v) is 3.48. The molecule has 2 atom stereocenters. The van der Waals surface area contributed by atoms with E-state index in [1.165, 1.54) is 0 Å². The Hall–Kier alpha value is -0.120. The fraction of sp³-hybridized carbons (Fsp3) is 0.857. The first kappa shape index (κ1) is 6.58. The van der Waals surface area contributed by atoms with Crippen LogP contribution in [-0.4, -0.2) is 24.6 Å². The molecular weight excluding hydrogens is 132 g/mol. The molecule has 0 spiro atoms. The second-order valence-electron chi connectivity index (χ2n) is 3.11. The van der Waals surface area contributed by atoms with E-state index in [0.29, 0.717) is 6.61 Å². The van der Waals surface area contributed by atoms with E-state index in [0.717, 1.165) is 0 Å². The normalized spacial score (nSPS) is 43.8. The summed E-state index contributed by atoms with van der Waals surface area (Å²) < 4.78 is 16.0. The Morgan fingerprint density at radius 1 is 1.40 bits per heavy atom. The molecule has 2 aliphatic rings. The Labute approximate surface area is 60.3 Å². The summed E-state index contributed by atoms with van der Waals surface area (Å²) in [7, 11) is 0.